The van der Waals surface area contributed by atoms with Gasteiger partial charge in [-0.25, -0.2) is 9.59 Å². The fraction of sp³-hybridized carbons (Fsp3) is 0.143. The predicted molar refractivity (Wildman–Crippen MR) is 98.6 cm³/mol. The standard InChI is InChI=1S/C21H18O5/c1-24-18-12-11-15(13-7-4-5-8-14(13)18)19-16(20(22)25-2)9-6-10-17(19)21(23)26-3/h4-12H,1-3H3. The van der Waals surface area contributed by atoms with E-state index in [9.17, 15) is 9.59 Å². The smallest absolute Gasteiger partial charge is 0.338 e. The van der Waals surface area contributed by atoms with E-state index in [0.717, 1.165) is 16.3 Å². The summed E-state index contributed by atoms with van der Waals surface area (Å²) in [7, 11) is 4.22. The van der Waals surface area contributed by atoms with Gasteiger partial charge in [-0.3, -0.25) is 0 Å². The maximum Gasteiger partial charge on any atom is 0.338 e. The molecule has 0 bridgehead atoms. The minimum absolute atomic E-state index is 0.297. The van der Waals surface area contributed by atoms with Gasteiger partial charge in [0.05, 0.1) is 32.5 Å². The van der Waals surface area contributed by atoms with E-state index in [0.29, 0.717) is 22.4 Å². The van der Waals surface area contributed by atoms with Crippen LogP contribution in [-0.2, 0) is 9.47 Å². The second-order valence-corrected chi connectivity index (χ2v) is 5.57. The highest BCUT2D eigenvalue weighted by molar-refractivity contribution is 6.11. The number of carbonyl (C=O) groups is 2. The average molecular weight is 350 g/mol. The topological polar surface area (TPSA) is 61.8 Å². The largest absolute Gasteiger partial charge is 0.496 e. The third kappa shape index (κ3) is 2.88. The summed E-state index contributed by atoms with van der Waals surface area (Å²) in [5.74, 6) is -0.337. The monoisotopic (exact) mass is 350 g/mol. The molecule has 0 heterocycles. The van der Waals surface area contributed by atoms with E-state index in [1.807, 2.05) is 36.4 Å². The van der Waals surface area contributed by atoms with Gasteiger partial charge in [0.25, 0.3) is 0 Å². The molecular weight excluding hydrogens is 332 g/mol. The number of esters is 2. The molecule has 0 fully saturated rings. The molecule has 26 heavy (non-hydrogen) atoms. The highest BCUT2D eigenvalue weighted by Gasteiger charge is 2.23. The van der Waals surface area contributed by atoms with Crippen LogP contribution in [0, 0.1) is 0 Å². The molecule has 0 aromatic heterocycles. The lowest BCUT2D eigenvalue weighted by molar-refractivity contribution is 0.0601. The van der Waals surface area contributed by atoms with Gasteiger partial charge >= 0.3 is 11.9 Å². The van der Waals surface area contributed by atoms with Crippen molar-refractivity contribution in [1.82, 2.24) is 0 Å². The van der Waals surface area contributed by atoms with E-state index in [2.05, 4.69) is 0 Å². The average Bonchev–Trinajstić information content (AvgIpc) is 2.71. The maximum absolute atomic E-state index is 12.3. The summed E-state index contributed by atoms with van der Waals surface area (Å²) in [6, 6.07) is 16.2. The Bertz CT molecular complexity index is 957. The van der Waals surface area contributed by atoms with Crippen LogP contribution in [0.3, 0.4) is 0 Å². The van der Waals surface area contributed by atoms with Crippen LogP contribution < -0.4 is 4.74 Å². The molecule has 0 atom stereocenters. The summed E-state index contributed by atoms with van der Waals surface area (Å²) in [4.78, 5) is 24.7. The minimum Gasteiger partial charge on any atom is -0.496 e. The Labute approximate surface area is 151 Å². The predicted octanol–water partition coefficient (Wildman–Crippen LogP) is 4.09. The van der Waals surface area contributed by atoms with E-state index in [4.69, 9.17) is 14.2 Å². The Hall–Kier alpha value is -3.34. The number of fused-ring (bicyclic) bond motifs is 1. The number of hydrogen-bond acceptors (Lipinski definition) is 5. The molecule has 0 radical (unpaired) electrons. The SMILES string of the molecule is COC(=O)c1cccc(C(=O)OC)c1-c1ccc(OC)c2ccccc12. The Morgan fingerprint density at radius 1 is 0.692 bits per heavy atom. The molecule has 3 aromatic carbocycles. The van der Waals surface area contributed by atoms with Crippen LogP contribution in [0.15, 0.2) is 54.6 Å². The van der Waals surface area contributed by atoms with E-state index in [1.165, 1.54) is 14.2 Å². The van der Waals surface area contributed by atoms with Crippen molar-refractivity contribution < 1.29 is 23.8 Å². The summed E-state index contributed by atoms with van der Waals surface area (Å²) in [6.07, 6.45) is 0. The Kier molecular flexibility index (Phi) is 4.89. The highest BCUT2D eigenvalue weighted by atomic mass is 16.5. The molecule has 0 saturated heterocycles. The first-order chi connectivity index (χ1) is 12.6. The fourth-order valence-corrected chi connectivity index (χ4v) is 3.07. The molecule has 0 spiro atoms. The molecule has 0 unspecified atom stereocenters. The van der Waals surface area contributed by atoms with Gasteiger partial charge in [0, 0.05) is 10.9 Å². The van der Waals surface area contributed by atoms with Gasteiger partial charge in [-0.05, 0) is 35.2 Å². The zero-order valence-electron chi connectivity index (χ0n) is 14.7. The number of ether oxygens (including phenoxy) is 3. The van der Waals surface area contributed by atoms with Crippen molar-refractivity contribution in [3.63, 3.8) is 0 Å². The third-order valence-electron chi connectivity index (χ3n) is 4.25. The van der Waals surface area contributed by atoms with Crippen molar-refractivity contribution >= 4 is 22.7 Å². The number of methoxy groups -OCH3 is 3. The van der Waals surface area contributed by atoms with Crippen LogP contribution in [0.25, 0.3) is 21.9 Å². The summed E-state index contributed by atoms with van der Waals surface area (Å²) in [5, 5.41) is 1.73. The normalized spacial score (nSPS) is 10.4. The van der Waals surface area contributed by atoms with Gasteiger partial charge in [0.15, 0.2) is 0 Å². The Balaban J connectivity index is 2.42. The maximum atomic E-state index is 12.3. The first-order valence-electron chi connectivity index (χ1n) is 7.98. The van der Waals surface area contributed by atoms with Crippen molar-refractivity contribution in [3.05, 3.63) is 65.7 Å². The van der Waals surface area contributed by atoms with Crippen molar-refractivity contribution in [2.75, 3.05) is 21.3 Å². The van der Waals surface area contributed by atoms with Crippen molar-refractivity contribution in [2.24, 2.45) is 0 Å². The Morgan fingerprint density at radius 3 is 1.81 bits per heavy atom. The summed E-state index contributed by atoms with van der Waals surface area (Å²) in [5.41, 5.74) is 1.80. The van der Waals surface area contributed by atoms with Gasteiger partial charge < -0.3 is 14.2 Å². The van der Waals surface area contributed by atoms with Crippen LogP contribution in [0.2, 0.25) is 0 Å². The number of hydrogen-bond donors (Lipinski definition) is 0. The molecule has 3 aromatic rings. The zero-order chi connectivity index (χ0) is 18.7. The molecule has 0 aliphatic heterocycles. The molecule has 0 saturated carbocycles. The second-order valence-electron chi connectivity index (χ2n) is 5.57. The summed E-state index contributed by atoms with van der Waals surface area (Å²) < 4.78 is 15.2. The number of benzene rings is 3. The molecule has 0 aliphatic carbocycles. The lowest BCUT2D eigenvalue weighted by Gasteiger charge is -2.16. The van der Waals surface area contributed by atoms with E-state index in [-0.39, 0.29) is 0 Å². The fourth-order valence-electron chi connectivity index (χ4n) is 3.07. The van der Waals surface area contributed by atoms with Crippen LogP contribution in [0.5, 0.6) is 5.75 Å². The quantitative estimate of drug-likeness (QED) is 0.663. The number of rotatable bonds is 4. The first-order valence-corrected chi connectivity index (χ1v) is 7.98. The van der Waals surface area contributed by atoms with E-state index >= 15 is 0 Å². The lowest BCUT2D eigenvalue weighted by atomic mass is 9.90. The van der Waals surface area contributed by atoms with Crippen LogP contribution >= 0.6 is 0 Å². The van der Waals surface area contributed by atoms with Gasteiger partial charge in [-0.2, -0.15) is 0 Å². The van der Waals surface area contributed by atoms with Gasteiger partial charge in [-0.15, -0.1) is 0 Å². The van der Waals surface area contributed by atoms with Crippen molar-refractivity contribution in [3.8, 4) is 16.9 Å². The van der Waals surface area contributed by atoms with Gasteiger partial charge in [-0.1, -0.05) is 30.3 Å². The first kappa shape index (κ1) is 17.5. The summed E-state index contributed by atoms with van der Waals surface area (Å²) in [6.45, 7) is 0. The number of carbonyl (C=O) groups excluding carboxylic acids is 2. The van der Waals surface area contributed by atoms with E-state index < -0.39 is 11.9 Å². The van der Waals surface area contributed by atoms with Crippen LogP contribution in [0.1, 0.15) is 20.7 Å². The van der Waals surface area contributed by atoms with E-state index in [1.54, 1.807) is 25.3 Å². The molecule has 5 nitrogen and oxygen atoms in total. The summed E-state index contributed by atoms with van der Waals surface area (Å²) >= 11 is 0. The molecule has 0 N–H and O–H groups in total. The molecule has 5 heteroatoms. The molecular formula is C21H18O5. The minimum atomic E-state index is -0.523. The molecule has 0 aliphatic rings. The van der Waals surface area contributed by atoms with Crippen molar-refractivity contribution in [2.45, 2.75) is 0 Å². The lowest BCUT2D eigenvalue weighted by Crippen LogP contribution is -2.10. The van der Waals surface area contributed by atoms with Crippen molar-refractivity contribution in [1.29, 1.82) is 0 Å². The van der Waals surface area contributed by atoms with Gasteiger partial charge in [0.1, 0.15) is 5.75 Å². The highest BCUT2D eigenvalue weighted by Crippen LogP contribution is 2.38. The molecule has 0 amide bonds. The van der Waals surface area contributed by atoms with Crippen LogP contribution in [0.4, 0.5) is 0 Å². The zero-order valence-corrected chi connectivity index (χ0v) is 14.7. The van der Waals surface area contributed by atoms with Gasteiger partial charge in [0.2, 0.25) is 0 Å². The molecule has 3 rings (SSSR count). The Morgan fingerprint density at radius 2 is 1.27 bits per heavy atom. The second kappa shape index (κ2) is 7.27. The third-order valence-corrected chi connectivity index (χ3v) is 4.25. The van der Waals surface area contributed by atoms with Crippen LogP contribution in [-0.4, -0.2) is 33.3 Å². The molecule has 132 valence electrons.